The Hall–Kier alpha value is -0.920. The van der Waals surface area contributed by atoms with E-state index in [0.29, 0.717) is 24.1 Å². The Kier molecular flexibility index (Phi) is 4.75. The maximum atomic E-state index is 13.9. The third-order valence-corrected chi connectivity index (χ3v) is 4.36. The van der Waals surface area contributed by atoms with Crippen LogP contribution < -0.4 is 5.73 Å². The molecule has 2 fully saturated rings. The summed E-state index contributed by atoms with van der Waals surface area (Å²) in [6.07, 6.45) is 4.06. The predicted octanol–water partition coefficient (Wildman–Crippen LogP) is 3.02. The van der Waals surface area contributed by atoms with Gasteiger partial charge in [-0.3, -0.25) is 4.99 Å². The predicted molar refractivity (Wildman–Crippen MR) is 90.0 cm³/mol. The van der Waals surface area contributed by atoms with Gasteiger partial charge in [0, 0.05) is 24.6 Å². The Bertz CT molecular complexity index is 554. The molecule has 0 spiro atoms. The molecule has 1 aromatic rings. The Morgan fingerprint density at radius 2 is 2.05 bits per heavy atom. The van der Waals surface area contributed by atoms with E-state index < -0.39 is 11.6 Å². The highest BCUT2D eigenvalue weighted by Gasteiger charge is 2.46. The summed E-state index contributed by atoms with van der Waals surface area (Å²) >= 11 is 0. The fourth-order valence-electron chi connectivity index (χ4n) is 2.58. The molecule has 0 aromatic heterocycles. The number of benzene rings is 1. The smallest absolute Gasteiger partial charge is 0.191 e. The van der Waals surface area contributed by atoms with Crippen LogP contribution in [0.15, 0.2) is 23.2 Å². The highest BCUT2D eigenvalue weighted by atomic mass is 127. The van der Waals surface area contributed by atoms with Crippen LogP contribution in [0.5, 0.6) is 0 Å². The van der Waals surface area contributed by atoms with Gasteiger partial charge in [0.15, 0.2) is 5.96 Å². The lowest BCUT2D eigenvalue weighted by molar-refractivity contribution is 0.484. The summed E-state index contributed by atoms with van der Waals surface area (Å²) in [5.41, 5.74) is 6.23. The van der Waals surface area contributed by atoms with Crippen molar-refractivity contribution in [1.82, 2.24) is 4.90 Å². The zero-order valence-electron chi connectivity index (χ0n) is 12.0. The summed E-state index contributed by atoms with van der Waals surface area (Å²) in [7, 11) is 1.94. The molecular weight excluding hydrogens is 387 g/mol. The third-order valence-electron chi connectivity index (χ3n) is 4.36. The van der Waals surface area contributed by atoms with E-state index in [2.05, 4.69) is 4.99 Å². The van der Waals surface area contributed by atoms with Gasteiger partial charge in [-0.15, -0.1) is 24.0 Å². The topological polar surface area (TPSA) is 41.6 Å². The molecule has 3 nitrogen and oxygen atoms in total. The van der Waals surface area contributed by atoms with Crippen molar-refractivity contribution < 1.29 is 8.78 Å². The minimum absolute atomic E-state index is 0. The van der Waals surface area contributed by atoms with Gasteiger partial charge in [0.1, 0.15) is 11.6 Å². The van der Waals surface area contributed by atoms with Crippen molar-refractivity contribution in [3.8, 4) is 0 Å². The van der Waals surface area contributed by atoms with Crippen LogP contribution >= 0.6 is 24.0 Å². The van der Waals surface area contributed by atoms with E-state index in [9.17, 15) is 8.78 Å². The minimum atomic E-state index is -0.543. The van der Waals surface area contributed by atoms with Crippen molar-refractivity contribution in [2.45, 2.75) is 37.1 Å². The fraction of sp³-hybridized carbons (Fsp3) is 0.533. The van der Waals surface area contributed by atoms with Gasteiger partial charge in [0.05, 0.1) is 6.54 Å². The molecular formula is C15H20F2IN3. The summed E-state index contributed by atoms with van der Waals surface area (Å²) in [5.74, 6) is -0.508. The van der Waals surface area contributed by atoms with Crippen LogP contribution in [-0.4, -0.2) is 30.5 Å². The first-order chi connectivity index (χ1) is 9.52. The van der Waals surface area contributed by atoms with Gasteiger partial charge in [0.25, 0.3) is 0 Å². The number of hydrogen-bond donors (Lipinski definition) is 1. The van der Waals surface area contributed by atoms with E-state index in [1.807, 2.05) is 11.9 Å². The molecule has 0 heterocycles. The van der Waals surface area contributed by atoms with Crippen LogP contribution in [0.4, 0.5) is 8.78 Å². The number of nitrogens with two attached hydrogens (primary N) is 1. The van der Waals surface area contributed by atoms with Crippen molar-refractivity contribution in [3.63, 3.8) is 0 Å². The van der Waals surface area contributed by atoms with Gasteiger partial charge in [0.2, 0.25) is 0 Å². The first-order valence-corrected chi connectivity index (χ1v) is 7.00. The summed E-state index contributed by atoms with van der Waals surface area (Å²) in [6, 6.07) is 4.30. The molecule has 0 unspecified atom stereocenters. The Labute approximate surface area is 140 Å². The Balaban J connectivity index is 0.00000161. The van der Waals surface area contributed by atoms with Crippen LogP contribution in [-0.2, 0) is 5.41 Å². The number of aliphatic imine (C=N–C) groups is 1. The lowest BCUT2D eigenvalue weighted by Gasteiger charge is -2.19. The standard InChI is InChI=1S/C15H19F2N3.HI/c1-20(11-3-4-11)14(18)19-9-15(6-7-15)12-5-2-10(16)8-13(12)17;/h2,5,8,11H,3-4,6-7,9H2,1H3,(H2,18,19);1H. The second-order valence-electron chi connectivity index (χ2n) is 5.92. The van der Waals surface area contributed by atoms with Crippen LogP contribution in [0, 0.1) is 11.6 Å². The van der Waals surface area contributed by atoms with Crippen LogP contribution in [0.2, 0.25) is 0 Å². The molecule has 116 valence electrons. The van der Waals surface area contributed by atoms with Crippen molar-refractivity contribution in [2.75, 3.05) is 13.6 Å². The molecule has 2 aliphatic rings. The first-order valence-electron chi connectivity index (χ1n) is 7.00. The summed E-state index contributed by atoms with van der Waals surface area (Å²) in [5, 5.41) is 0. The number of nitrogens with zero attached hydrogens (tertiary/aromatic N) is 2. The second-order valence-corrected chi connectivity index (χ2v) is 5.92. The largest absolute Gasteiger partial charge is 0.370 e. The molecule has 0 bridgehead atoms. The quantitative estimate of drug-likeness (QED) is 0.474. The van der Waals surface area contributed by atoms with E-state index >= 15 is 0 Å². The van der Waals surface area contributed by atoms with E-state index in [-0.39, 0.29) is 29.4 Å². The molecule has 0 aliphatic heterocycles. The van der Waals surface area contributed by atoms with Crippen LogP contribution in [0.1, 0.15) is 31.2 Å². The van der Waals surface area contributed by atoms with Crippen molar-refractivity contribution in [1.29, 1.82) is 0 Å². The maximum absolute atomic E-state index is 13.9. The summed E-state index contributed by atoms with van der Waals surface area (Å²) < 4.78 is 26.9. The highest BCUT2D eigenvalue weighted by molar-refractivity contribution is 14.0. The molecule has 2 saturated carbocycles. The van der Waals surface area contributed by atoms with Gasteiger partial charge in [-0.25, -0.2) is 8.78 Å². The number of rotatable bonds is 4. The molecule has 2 aliphatic carbocycles. The van der Waals surface area contributed by atoms with Crippen molar-refractivity contribution >= 4 is 29.9 Å². The van der Waals surface area contributed by atoms with Gasteiger partial charge in [-0.2, -0.15) is 0 Å². The summed E-state index contributed by atoms with van der Waals surface area (Å²) in [4.78, 5) is 6.40. The number of guanidine groups is 1. The van der Waals surface area contributed by atoms with Gasteiger partial charge in [-0.05, 0) is 37.3 Å². The van der Waals surface area contributed by atoms with Gasteiger partial charge >= 0.3 is 0 Å². The first kappa shape index (κ1) is 16.5. The third kappa shape index (κ3) is 3.46. The Morgan fingerprint density at radius 1 is 1.38 bits per heavy atom. The molecule has 0 saturated heterocycles. The molecule has 6 heteroatoms. The molecule has 0 atom stereocenters. The minimum Gasteiger partial charge on any atom is -0.370 e. The van der Waals surface area contributed by atoms with E-state index in [1.165, 1.54) is 12.1 Å². The van der Waals surface area contributed by atoms with Gasteiger partial charge in [-0.1, -0.05) is 6.07 Å². The SMILES string of the molecule is CN(C(N)=NCC1(c2ccc(F)cc2F)CC1)C1CC1.I. The zero-order chi connectivity index (χ0) is 14.3. The van der Waals surface area contributed by atoms with Crippen molar-refractivity contribution in [2.24, 2.45) is 10.7 Å². The molecule has 0 amide bonds. The maximum Gasteiger partial charge on any atom is 0.191 e. The molecule has 1 aromatic carbocycles. The van der Waals surface area contributed by atoms with Gasteiger partial charge < -0.3 is 10.6 Å². The van der Waals surface area contributed by atoms with E-state index in [0.717, 1.165) is 31.7 Å². The molecule has 21 heavy (non-hydrogen) atoms. The van der Waals surface area contributed by atoms with E-state index in [4.69, 9.17) is 5.73 Å². The fourth-order valence-corrected chi connectivity index (χ4v) is 2.58. The highest BCUT2D eigenvalue weighted by Crippen LogP contribution is 2.49. The Morgan fingerprint density at radius 3 is 2.57 bits per heavy atom. The lowest BCUT2D eigenvalue weighted by Crippen LogP contribution is -2.36. The van der Waals surface area contributed by atoms with Crippen LogP contribution in [0.3, 0.4) is 0 Å². The molecule has 3 rings (SSSR count). The summed E-state index contributed by atoms with van der Waals surface area (Å²) in [6.45, 7) is 0.471. The number of halogens is 3. The number of hydrogen-bond acceptors (Lipinski definition) is 1. The average molecular weight is 407 g/mol. The second kappa shape index (κ2) is 6.06. The molecule has 2 N–H and O–H groups in total. The van der Waals surface area contributed by atoms with E-state index in [1.54, 1.807) is 0 Å². The normalized spacial score (nSPS) is 19.9. The lowest BCUT2D eigenvalue weighted by atomic mass is 9.95. The van der Waals surface area contributed by atoms with Crippen molar-refractivity contribution in [3.05, 3.63) is 35.4 Å². The average Bonchev–Trinajstić information content (AvgIpc) is 3.28. The monoisotopic (exact) mass is 407 g/mol. The zero-order valence-corrected chi connectivity index (χ0v) is 14.3. The van der Waals surface area contributed by atoms with Crippen LogP contribution in [0.25, 0.3) is 0 Å². The molecule has 0 radical (unpaired) electrons.